The van der Waals surface area contributed by atoms with E-state index >= 15 is 0 Å². The van der Waals surface area contributed by atoms with Gasteiger partial charge in [0.1, 0.15) is 10.7 Å². The topological polar surface area (TPSA) is 97.2 Å². The van der Waals surface area contributed by atoms with Crippen LogP contribution in [0.3, 0.4) is 0 Å². The molecule has 0 saturated carbocycles. The molecule has 1 amide bonds. The lowest BCUT2D eigenvalue weighted by Gasteiger charge is -2.22. The maximum absolute atomic E-state index is 12.2. The fraction of sp³-hybridized carbons (Fsp3) is 0.412. The van der Waals surface area contributed by atoms with Crippen molar-refractivity contribution in [3.63, 3.8) is 0 Å². The molecule has 2 aromatic rings. The molecule has 25 heavy (non-hydrogen) atoms. The maximum Gasteiger partial charge on any atom is 0.270 e. The Bertz CT molecular complexity index is 756. The van der Waals surface area contributed by atoms with E-state index in [9.17, 15) is 14.9 Å². The van der Waals surface area contributed by atoms with Crippen molar-refractivity contribution in [1.29, 1.82) is 0 Å². The number of carbonyl (C=O) groups is 1. The molecule has 1 fully saturated rings. The summed E-state index contributed by atoms with van der Waals surface area (Å²) in [6, 6.07) is 6.28. The molecule has 1 aliphatic rings. The molecule has 132 valence electrons. The van der Waals surface area contributed by atoms with Crippen LogP contribution in [0.25, 0.3) is 10.6 Å². The van der Waals surface area contributed by atoms with E-state index in [1.165, 1.54) is 36.3 Å². The number of thiazole rings is 1. The summed E-state index contributed by atoms with van der Waals surface area (Å²) in [7, 11) is 0. The minimum atomic E-state index is -0.440. The van der Waals surface area contributed by atoms with Crippen LogP contribution in [-0.2, 0) is 0 Å². The van der Waals surface area contributed by atoms with E-state index in [-0.39, 0.29) is 11.6 Å². The van der Waals surface area contributed by atoms with Crippen molar-refractivity contribution in [2.45, 2.75) is 19.3 Å². The Hall–Kier alpha value is -2.32. The summed E-state index contributed by atoms with van der Waals surface area (Å²) in [4.78, 5) is 27.0. The van der Waals surface area contributed by atoms with Gasteiger partial charge < -0.3 is 10.6 Å². The molecule has 2 heterocycles. The number of nitrogens with zero attached hydrogens (tertiary/aromatic N) is 2. The first-order chi connectivity index (χ1) is 12.1. The molecule has 0 aliphatic carbocycles. The Labute approximate surface area is 149 Å². The van der Waals surface area contributed by atoms with Crippen molar-refractivity contribution in [2.75, 3.05) is 19.6 Å². The lowest BCUT2D eigenvalue weighted by molar-refractivity contribution is -0.384. The van der Waals surface area contributed by atoms with Crippen LogP contribution in [0.2, 0.25) is 0 Å². The molecule has 0 radical (unpaired) electrons. The Morgan fingerprint density at radius 2 is 2.36 bits per heavy atom. The van der Waals surface area contributed by atoms with Gasteiger partial charge in [0, 0.05) is 29.6 Å². The van der Waals surface area contributed by atoms with Crippen molar-refractivity contribution >= 4 is 22.9 Å². The van der Waals surface area contributed by atoms with Crippen molar-refractivity contribution in [2.24, 2.45) is 5.92 Å². The summed E-state index contributed by atoms with van der Waals surface area (Å²) in [6.45, 7) is 2.74. The van der Waals surface area contributed by atoms with E-state index in [4.69, 9.17) is 0 Å². The SMILES string of the molecule is O=C(NCCC1CCCNC1)c1csc(-c2cccc([N+](=O)[O-])c2)n1. The second kappa shape index (κ2) is 8.17. The molecule has 0 spiro atoms. The standard InChI is InChI=1S/C17H20N4O3S/c22-16(19-8-6-12-3-2-7-18-10-12)15-11-25-17(20-15)13-4-1-5-14(9-13)21(23)24/h1,4-5,9,11-12,18H,2-3,6-8,10H2,(H,19,22). The van der Waals surface area contributed by atoms with Gasteiger partial charge in [-0.05, 0) is 38.3 Å². The molecule has 1 aromatic carbocycles. The van der Waals surface area contributed by atoms with Gasteiger partial charge in [-0.3, -0.25) is 14.9 Å². The third kappa shape index (κ3) is 4.61. The molecule has 2 N–H and O–H groups in total. The van der Waals surface area contributed by atoms with Gasteiger partial charge in [0.25, 0.3) is 11.6 Å². The number of carbonyl (C=O) groups excluding carboxylic acids is 1. The second-order valence-electron chi connectivity index (χ2n) is 6.10. The second-order valence-corrected chi connectivity index (χ2v) is 6.96. The Morgan fingerprint density at radius 1 is 1.48 bits per heavy atom. The summed E-state index contributed by atoms with van der Waals surface area (Å²) in [5.41, 5.74) is 1.01. The number of rotatable bonds is 6. The monoisotopic (exact) mass is 360 g/mol. The Kier molecular flexibility index (Phi) is 5.72. The van der Waals surface area contributed by atoms with E-state index in [2.05, 4.69) is 15.6 Å². The zero-order valence-corrected chi connectivity index (χ0v) is 14.6. The van der Waals surface area contributed by atoms with Crippen LogP contribution in [0.1, 0.15) is 29.8 Å². The summed E-state index contributed by atoms with van der Waals surface area (Å²) in [5.74, 6) is 0.418. The van der Waals surface area contributed by atoms with Crippen LogP contribution in [0.15, 0.2) is 29.6 Å². The van der Waals surface area contributed by atoms with Gasteiger partial charge in [-0.25, -0.2) is 4.98 Å². The third-order valence-electron chi connectivity index (χ3n) is 4.28. The molecular formula is C17H20N4O3S. The number of nitrogens with one attached hydrogen (secondary N) is 2. The number of hydrogen-bond donors (Lipinski definition) is 2. The zero-order valence-electron chi connectivity index (χ0n) is 13.7. The first-order valence-corrected chi connectivity index (χ1v) is 9.21. The normalized spacial score (nSPS) is 17.2. The summed E-state index contributed by atoms with van der Waals surface area (Å²) in [6.07, 6.45) is 3.36. The highest BCUT2D eigenvalue weighted by Gasteiger charge is 2.16. The molecule has 1 saturated heterocycles. The van der Waals surface area contributed by atoms with Crippen LogP contribution in [0.4, 0.5) is 5.69 Å². The van der Waals surface area contributed by atoms with Crippen LogP contribution < -0.4 is 10.6 Å². The van der Waals surface area contributed by atoms with E-state index < -0.39 is 4.92 Å². The lowest BCUT2D eigenvalue weighted by atomic mass is 9.96. The number of non-ortho nitro benzene ring substituents is 1. The fourth-order valence-electron chi connectivity index (χ4n) is 2.91. The van der Waals surface area contributed by atoms with Gasteiger partial charge in [-0.1, -0.05) is 12.1 Å². The fourth-order valence-corrected chi connectivity index (χ4v) is 3.71. The van der Waals surface area contributed by atoms with Gasteiger partial charge in [0.15, 0.2) is 0 Å². The van der Waals surface area contributed by atoms with Crippen molar-refractivity contribution < 1.29 is 9.72 Å². The van der Waals surface area contributed by atoms with E-state index in [0.717, 1.165) is 19.5 Å². The summed E-state index contributed by atoms with van der Waals surface area (Å²) in [5, 5.41) is 19.4. The number of nitro groups is 1. The highest BCUT2D eigenvalue weighted by atomic mass is 32.1. The quantitative estimate of drug-likeness (QED) is 0.610. The molecule has 1 aliphatic heterocycles. The minimum Gasteiger partial charge on any atom is -0.351 e. The van der Waals surface area contributed by atoms with E-state index in [1.54, 1.807) is 17.5 Å². The molecule has 7 nitrogen and oxygen atoms in total. The number of piperidine rings is 1. The maximum atomic E-state index is 12.2. The van der Waals surface area contributed by atoms with Crippen LogP contribution in [0, 0.1) is 16.0 Å². The van der Waals surface area contributed by atoms with Crippen molar-refractivity contribution in [3.8, 4) is 10.6 Å². The molecular weight excluding hydrogens is 340 g/mol. The minimum absolute atomic E-state index is 0.0137. The van der Waals surface area contributed by atoms with Gasteiger partial charge in [-0.2, -0.15) is 0 Å². The Morgan fingerprint density at radius 3 is 3.12 bits per heavy atom. The average molecular weight is 360 g/mol. The first kappa shape index (κ1) is 17.5. The molecule has 0 bridgehead atoms. The number of aromatic nitrogens is 1. The number of nitro benzene ring substituents is 1. The van der Waals surface area contributed by atoms with Crippen LogP contribution in [-0.4, -0.2) is 35.4 Å². The predicted octanol–water partition coefficient (Wildman–Crippen LogP) is 2.84. The Balaban J connectivity index is 1.57. The van der Waals surface area contributed by atoms with Gasteiger partial charge in [0.2, 0.25) is 0 Å². The van der Waals surface area contributed by atoms with Gasteiger partial charge >= 0.3 is 0 Å². The number of hydrogen-bond acceptors (Lipinski definition) is 6. The average Bonchev–Trinajstić information content (AvgIpc) is 3.13. The first-order valence-electron chi connectivity index (χ1n) is 8.33. The number of amides is 1. The summed E-state index contributed by atoms with van der Waals surface area (Å²) >= 11 is 1.31. The van der Waals surface area contributed by atoms with E-state index in [0.29, 0.717) is 28.7 Å². The number of benzene rings is 1. The van der Waals surface area contributed by atoms with Crippen LogP contribution >= 0.6 is 11.3 Å². The highest BCUT2D eigenvalue weighted by molar-refractivity contribution is 7.13. The largest absolute Gasteiger partial charge is 0.351 e. The van der Waals surface area contributed by atoms with E-state index in [1.807, 2.05) is 0 Å². The predicted molar refractivity (Wildman–Crippen MR) is 96.7 cm³/mol. The molecule has 3 rings (SSSR count). The zero-order chi connectivity index (χ0) is 17.6. The van der Waals surface area contributed by atoms with Crippen molar-refractivity contribution in [3.05, 3.63) is 45.5 Å². The lowest BCUT2D eigenvalue weighted by Crippen LogP contribution is -2.33. The van der Waals surface area contributed by atoms with Gasteiger partial charge in [0.05, 0.1) is 4.92 Å². The van der Waals surface area contributed by atoms with Crippen LogP contribution in [0.5, 0.6) is 0 Å². The molecule has 1 unspecified atom stereocenters. The summed E-state index contributed by atoms with van der Waals surface area (Å²) < 4.78 is 0. The molecule has 8 heteroatoms. The van der Waals surface area contributed by atoms with Gasteiger partial charge in [-0.15, -0.1) is 11.3 Å². The molecule has 1 aromatic heterocycles. The van der Waals surface area contributed by atoms with Crippen molar-refractivity contribution in [1.82, 2.24) is 15.6 Å². The molecule has 1 atom stereocenters. The highest BCUT2D eigenvalue weighted by Crippen LogP contribution is 2.26. The third-order valence-corrected chi connectivity index (χ3v) is 5.17. The smallest absolute Gasteiger partial charge is 0.270 e.